The molecule has 0 aliphatic carbocycles. The van der Waals surface area contributed by atoms with E-state index in [1.165, 1.54) is 13.8 Å². The minimum Gasteiger partial charge on any atom is -0.368 e. The predicted molar refractivity (Wildman–Crippen MR) is 132 cm³/mol. The van der Waals surface area contributed by atoms with E-state index in [4.69, 9.17) is 0 Å². The SMILES string of the molecule is CC(C)N1CCN(c2cncc(C3CN(c4c(F)ccc(NS(=O)(=O)C(C)C)c4F)N=N3)c2)CC1. The van der Waals surface area contributed by atoms with Crippen molar-refractivity contribution in [3.05, 3.63) is 47.8 Å². The molecule has 1 N–H and O–H groups in total. The van der Waals surface area contributed by atoms with Gasteiger partial charge in [-0.1, -0.05) is 5.22 Å². The number of hydrogen-bond acceptors (Lipinski definition) is 8. The lowest BCUT2D eigenvalue weighted by molar-refractivity contribution is 0.209. The zero-order valence-electron chi connectivity index (χ0n) is 20.3. The Morgan fingerprint density at radius 3 is 2.43 bits per heavy atom. The van der Waals surface area contributed by atoms with E-state index in [0.29, 0.717) is 6.04 Å². The average Bonchev–Trinajstić information content (AvgIpc) is 3.31. The molecule has 9 nitrogen and oxygen atoms in total. The molecule has 2 aliphatic heterocycles. The molecule has 0 spiro atoms. The molecule has 1 atom stereocenters. The lowest BCUT2D eigenvalue weighted by Crippen LogP contribution is -2.48. The van der Waals surface area contributed by atoms with Crippen LogP contribution in [0.2, 0.25) is 0 Å². The number of nitrogens with one attached hydrogen (secondary N) is 1. The fourth-order valence-corrected chi connectivity index (χ4v) is 4.79. The third-order valence-corrected chi connectivity index (χ3v) is 8.13. The van der Waals surface area contributed by atoms with Crippen LogP contribution in [0.25, 0.3) is 0 Å². The van der Waals surface area contributed by atoms with Crippen LogP contribution >= 0.6 is 0 Å². The zero-order valence-corrected chi connectivity index (χ0v) is 21.1. The molecule has 0 amide bonds. The molecular weight excluding hydrogens is 476 g/mol. The molecule has 0 radical (unpaired) electrons. The average molecular weight is 508 g/mol. The fourth-order valence-electron chi connectivity index (χ4n) is 4.09. The topological polar surface area (TPSA) is 93.5 Å². The second kappa shape index (κ2) is 10.0. The number of sulfonamides is 1. The number of halogens is 2. The number of nitrogens with zero attached hydrogens (tertiary/aromatic N) is 6. The Labute approximate surface area is 204 Å². The zero-order chi connectivity index (χ0) is 25.3. The van der Waals surface area contributed by atoms with E-state index >= 15 is 4.39 Å². The summed E-state index contributed by atoms with van der Waals surface area (Å²) in [6, 6.07) is 4.11. The van der Waals surface area contributed by atoms with E-state index in [1.54, 1.807) is 6.20 Å². The normalized spacial score (nSPS) is 19.3. The lowest BCUT2D eigenvalue weighted by atomic mass is 10.1. The minimum atomic E-state index is -3.81. The van der Waals surface area contributed by atoms with Gasteiger partial charge in [-0.15, -0.1) is 0 Å². The molecule has 12 heteroatoms. The van der Waals surface area contributed by atoms with Gasteiger partial charge in [-0.3, -0.25) is 14.6 Å². The molecule has 1 fully saturated rings. The van der Waals surface area contributed by atoms with Crippen molar-refractivity contribution in [2.45, 2.75) is 45.0 Å². The third-order valence-electron chi connectivity index (χ3n) is 6.38. The van der Waals surface area contributed by atoms with Crippen molar-refractivity contribution in [3.8, 4) is 0 Å². The Balaban J connectivity index is 1.50. The van der Waals surface area contributed by atoms with Crippen molar-refractivity contribution in [1.82, 2.24) is 9.88 Å². The number of piperazine rings is 1. The minimum absolute atomic E-state index is 0.0977. The molecule has 1 unspecified atom stereocenters. The summed E-state index contributed by atoms with van der Waals surface area (Å²) >= 11 is 0. The van der Waals surface area contributed by atoms with E-state index in [1.807, 2.05) is 12.3 Å². The maximum Gasteiger partial charge on any atom is 0.235 e. The van der Waals surface area contributed by atoms with Gasteiger partial charge in [0.2, 0.25) is 10.0 Å². The summed E-state index contributed by atoms with van der Waals surface area (Å²) in [5, 5.41) is 8.54. The van der Waals surface area contributed by atoms with Gasteiger partial charge in [0.15, 0.2) is 11.6 Å². The Hall–Kier alpha value is -2.86. The Kier molecular flexibility index (Phi) is 7.22. The number of hydrogen-bond donors (Lipinski definition) is 1. The van der Waals surface area contributed by atoms with E-state index in [9.17, 15) is 12.8 Å². The number of rotatable bonds is 7. The Bertz CT molecular complexity index is 1200. The second-order valence-electron chi connectivity index (χ2n) is 9.35. The molecule has 0 bridgehead atoms. The molecule has 1 aromatic carbocycles. The highest BCUT2D eigenvalue weighted by atomic mass is 32.2. The van der Waals surface area contributed by atoms with Crippen LogP contribution in [0.4, 0.5) is 25.8 Å². The van der Waals surface area contributed by atoms with Gasteiger partial charge in [0.25, 0.3) is 0 Å². The molecule has 3 heterocycles. The van der Waals surface area contributed by atoms with Gasteiger partial charge in [0.1, 0.15) is 11.7 Å². The van der Waals surface area contributed by atoms with Crippen molar-refractivity contribution in [2.24, 2.45) is 10.3 Å². The standard InChI is InChI=1S/C23H31F2N7O2S/c1-15(2)30-7-9-31(10-8-30)18-11-17(12-26-13-18)21-14-32(29-27-21)23-19(24)5-6-20(22(23)25)28-35(33,34)16(3)4/h5-6,11-13,15-16,21,28H,7-10,14H2,1-4H3. The molecule has 2 aliphatic rings. The number of benzene rings is 1. The summed E-state index contributed by atoms with van der Waals surface area (Å²) in [4.78, 5) is 9.05. The summed E-state index contributed by atoms with van der Waals surface area (Å²) in [5.74, 6) is -1.90. The smallest absolute Gasteiger partial charge is 0.235 e. The highest BCUT2D eigenvalue weighted by Gasteiger charge is 2.30. The van der Waals surface area contributed by atoms with Crippen LogP contribution in [0, 0.1) is 11.6 Å². The molecule has 0 saturated carbocycles. The maximum absolute atomic E-state index is 15.2. The number of aromatic nitrogens is 1. The van der Waals surface area contributed by atoms with Crippen LogP contribution in [0.5, 0.6) is 0 Å². The van der Waals surface area contributed by atoms with Crippen LogP contribution in [-0.2, 0) is 10.0 Å². The van der Waals surface area contributed by atoms with Crippen LogP contribution in [0.1, 0.15) is 39.3 Å². The lowest BCUT2D eigenvalue weighted by Gasteiger charge is -2.38. The predicted octanol–water partition coefficient (Wildman–Crippen LogP) is 3.97. The van der Waals surface area contributed by atoms with Crippen LogP contribution in [0.3, 0.4) is 0 Å². The Morgan fingerprint density at radius 1 is 1.06 bits per heavy atom. The highest BCUT2D eigenvalue weighted by molar-refractivity contribution is 7.93. The first-order chi connectivity index (χ1) is 16.6. The van der Waals surface area contributed by atoms with E-state index in [0.717, 1.165) is 54.6 Å². The first kappa shape index (κ1) is 25.2. The fraction of sp³-hybridized carbons (Fsp3) is 0.522. The largest absolute Gasteiger partial charge is 0.368 e. The summed E-state index contributed by atoms with van der Waals surface area (Å²) in [6.07, 6.45) is 3.49. The van der Waals surface area contributed by atoms with Gasteiger partial charge in [0, 0.05) is 44.0 Å². The van der Waals surface area contributed by atoms with Crippen molar-refractivity contribution < 1.29 is 17.2 Å². The highest BCUT2D eigenvalue weighted by Crippen LogP contribution is 2.36. The van der Waals surface area contributed by atoms with Gasteiger partial charge < -0.3 is 4.90 Å². The van der Waals surface area contributed by atoms with E-state index in [2.05, 4.69) is 43.7 Å². The molecular formula is C23H31F2N7O2S. The maximum atomic E-state index is 15.2. The van der Waals surface area contributed by atoms with Crippen LogP contribution in [-0.4, -0.2) is 62.3 Å². The molecule has 1 aromatic heterocycles. The van der Waals surface area contributed by atoms with E-state index in [-0.39, 0.29) is 12.2 Å². The van der Waals surface area contributed by atoms with E-state index < -0.39 is 38.6 Å². The molecule has 4 rings (SSSR count). The van der Waals surface area contributed by atoms with Crippen molar-refractivity contribution in [3.63, 3.8) is 0 Å². The molecule has 190 valence electrons. The van der Waals surface area contributed by atoms with Crippen LogP contribution < -0.4 is 14.6 Å². The quantitative estimate of drug-likeness (QED) is 0.610. The molecule has 2 aromatic rings. The number of anilines is 3. The van der Waals surface area contributed by atoms with Crippen molar-refractivity contribution in [2.75, 3.05) is 47.4 Å². The first-order valence-electron chi connectivity index (χ1n) is 11.7. The van der Waals surface area contributed by atoms with Crippen LogP contribution in [0.15, 0.2) is 40.9 Å². The van der Waals surface area contributed by atoms with Gasteiger partial charge in [-0.25, -0.2) is 22.2 Å². The van der Waals surface area contributed by atoms with Gasteiger partial charge in [-0.05, 0) is 45.9 Å². The number of pyridine rings is 1. The van der Waals surface area contributed by atoms with Crippen molar-refractivity contribution in [1.29, 1.82) is 0 Å². The molecule has 1 saturated heterocycles. The van der Waals surface area contributed by atoms with Gasteiger partial charge >= 0.3 is 0 Å². The summed E-state index contributed by atoms with van der Waals surface area (Å²) in [6.45, 7) is 11.1. The summed E-state index contributed by atoms with van der Waals surface area (Å²) in [5.41, 5.74) is 0.978. The summed E-state index contributed by atoms with van der Waals surface area (Å²) < 4.78 is 56.3. The van der Waals surface area contributed by atoms with Gasteiger partial charge in [-0.2, -0.15) is 5.11 Å². The first-order valence-corrected chi connectivity index (χ1v) is 13.2. The monoisotopic (exact) mass is 507 g/mol. The molecule has 35 heavy (non-hydrogen) atoms. The Morgan fingerprint density at radius 2 is 1.77 bits per heavy atom. The van der Waals surface area contributed by atoms with Gasteiger partial charge in [0.05, 0.1) is 29.4 Å². The summed E-state index contributed by atoms with van der Waals surface area (Å²) in [7, 11) is -3.81. The van der Waals surface area contributed by atoms with Crippen molar-refractivity contribution >= 4 is 27.1 Å². The second-order valence-corrected chi connectivity index (χ2v) is 11.6. The third kappa shape index (κ3) is 5.37.